The number of aryl methyl sites for hydroxylation is 2. The summed E-state index contributed by atoms with van der Waals surface area (Å²) in [4.78, 5) is 0. The Morgan fingerprint density at radius 2 is 1.74 bits per heavy atom. The summed E-state index contributed by atoms with van der Waals surface area (Å²) in [7, 11) is 0. The van der Waals surface area contributed by atoms with Crippen molar-refractivity contribution in [3.63, 3.8) is 0 Å². The van der Waals surface area contributed by atoms with E-state index < -0.39 is 0 Å². The molecule has 0 N–H and O–H groups in total. The molecule has 0 saturated carbocycles. The van der Waals surface area contributed by atoms with Gasteiger partial charge in [0, 0.05) is 5.92 Å². The summed E-state index contributed by atoms with van der Waals surface area (Å²) in [6.45, 7) is 22.9. The first-order valence-electron chi connectivity index (χ1n) is 14.6. The van der Waals surface area contributed by atoms with E-state index in [0.29, 0.717) is 23.7 Å². The summed E-state index contributed by atoms with van der Waals surface area (Å²) in [6, 6.07) is 11.7. The molecule has 3 unspecified atom stereocenters. The maximum Gasteiger partial charge on any atom is 0.00827 e. The van der Waals surface area contributed by atoms with Gasteiger partial charge in [0.25, 0.3) is 0 Å². The third kappa shape index (κ3) is 5.61. The van der Waals surface area contributed by atoms with E-state index >= 15 is 0 Å². The number of hydrogen-bond acceptors (Lipinski definition) is 0. The number of rotatable bonds is 6. The highest BCUT2D eigenvalue weighted by Crippen LogP contribution is 2.44. The third-order valence-corrected chi connectivity index (χ3v) is 8.95. The minimum Gasteiger partial charge on any atom is -0.0986 e. The molecule has 0 heterocycles. The molecule has 0 bridgehead atoms. The van der Waals surface area contributed by atoms with Gasteiger partial charge in [-0.25, -0.2) is 0 Å². The maximum atomic E-state index is 4.61. The van der Waals surface area contributed by atoms with E-state index in [4.69, 9.17) is 0 Å². The SMILES string of the molecule is C=C1C=CC(CC(C)(C)C)C(=C)C1CC1=Cc2cccc(-c3cc(C)cc(C)c3C[C@@H]3C=CC(C)C3)c2C1. The van der Waals surface area contributed by atoms with Crippen molar-refractivity contribution in [2.24, 2.45) is 29.1 Å². The lowest BCUT2D eigenvalue weighted by molar-refractivity contribution is 0.334. The Labute approximate surface area is 232 Å². The van der Waals surface area contributed by atoms with Crippen LogP contribution in [0.15, 0.2) is 84.5 Å². The van der Waals surface area contributed by atoms with Crippen molar-refractivity contribution in [2.45, 2.75) is 73.6 Å². The lowest BCUT2D eigenvalue weighted by atomic mass is 9.71. The largest absolute Gasteiger partial charge is 0.0986 e. The Balaban J connectivity index is 1.41. The van der Waals surface area contributed by atoms with E-state index in [2.05, 4.69) is 115 Å². The number of allylic oxidation sites excluding steroid dienone is 7. The topological polar surface area (TPSA) is 0 Å². The second kappa shape index (κ2) is 10.4. The molecule has 4 atom stereocenters. The van der Waals surface area contributed by atoms with Crippen LogP contribution in [0, 0.1) is 42.9 Å². The van der Waals surface area contributed by atoms with Crippen molar-refractivity contribution >= 4 is 6.08 Å². The van der Waals surface area contributed by atoms with Crippen molar-refractivity contribution in [3.8, 4) is 11.1 Å². The summed E-state index contributed by atoms with van der Waals surface area (Å²) in [5.41, 5.74) is 14.5. The highest BCUT2D eigenvalue weighted by molar-refractivity contribution is 5.80. The fourth-order valence-corrected chi connectivity index (χ4v) is 7.08. The zero-order chi connectivity index (χ0) is 27.2. The van der Waals surface area contributed by atoms with Gasteiger partial charge in [-0.1, -0.05) is 118 Å². The summed E-state index contributed by atoms with van der Waals surface area (Å²) in [5.74, 6) is 2.12. The maximum absolute atomic E-state index is 4.61. The van der Waals surface area contributed by atoms with Crippen LogP contribution in [-0.2, 0) is 12.8 Å². The molecule has 0 aliphatic heterocycles. The molecule has 0 fully saturated rings. The van der Waals surface area contributed by atoms with Gasteiger partial charge in [-0.3, -0.25) is 0 Å². The molecule has 0 heteroatoms. The number of benzene rings is 2. The van der Waals surface area contributed by atoms with Gasteiger partial charge in [0.15, 0.2) is 0 Å². The zero-order valence-electron chi connectivity index (χ0n) is 24.5. The fourth-order valence-electron chi connectivity index (χ4n) is 7.08. The Morgan fingerprint density at radius 1 is 0.947 bits per heavy atom. The lowest BCUT2D eigenvalue weighted by Gasteiger charge is -2.33. The monoisotopic (exact) mass is 502 g/mol. The minimum absolute atomic E-state index is 0.287. The highest BCUT2D eigenvalue weighted by atomic mass is 14.3. The average Bonchev–Trinajstić information content (AvgIpc) is 3.44. The van der Waals surface area contributed by atoms with Gasteiger partial charge < -0.3 is 0 Å². The first-order chi connectivity index (χ1) is 18.0. The van der Waals surface area contributed by atoms with Crippen molar-refractivity contribution in [1.82, 2.24) is 0 Å². The molecule has 198 valence electrons. The zero-order valence-corrected chi connectivity index (χ0v) is 24.5. The van der Waals surface area contributed by atoms with Gasteiger partial charge >= 0.3 is 0 Å². The van der Waals surface area contributed by atoms with Crippen LogP contribution in [0.4, 0.5) is 0 Å². The molecule has 0 aromatic heterocycles. The van der Waals surface area contributed by atoms with Crippen LogP contribution in [-0.4, -0.2) is 0 Å². The second-order valence-corrected chi connectivity index (χ2v) is 13.7. The molecule has 0 amide bonds. The molecule has 0 nitrogen and oxygen atoms in total. The Kier molecular flexibility index (Phi) is 7.29. The third-order valence-electron chi connectivity index (χ3n) is 8.95. The van der Waals surface area contributed by atoms with Crippen molar-refractivity contribution in [1.29, 1.82) is 0 Å². The predicted molar refractivity (Wildman–Crippen MR) is 166 cm³/mol. The predicted octanol–water partition coefficient (Wildman–Crippen LogP) is 10.4. The van der Waals surface area contributed by atoms with Crippen LogP contribution in [0.25, 0.3) is 17.2 Å². The first-order valence-corrected chi connectivity index (χ1v) is 14.6. The van der Waals surface area contributed by atoms with Crippen LogP contribution in [0.5, 0.6) is 0 Å². The minimum atomic E-state index is 0.287. The molecular formula is C38H46. The molecule has 0 radical (unpaired) electrons. The second-order valence-electron chi connectivity index (χ2n) is 13.7. The van der Waals surface area contributed by atoms with Gasteiger partial charge in [0.1, 0.15) is 0 Å². The first kappa shape index (κ1) is 26.7. The van der Waals surface area contributed by atoms with E-state index in [1.165, 1.54) is 62.1 Å². The van der Waals surface area contributed by atoms with Crippen molar-refractivity contribution < 1.29 is 0 Å². The van der Waals surface area contributed by atoms with Crippen molar-refractivity contribution in [2.75, 3.05) is 0 Å². The molecule has 2 aromatic carbocycles. The van der Waals surface area contributed by atoms with Gasteiger partial charge in [-0.15, -0.1) is 0 Å². The van der Waals surface area contributed by atoms with Crippen molar-refractivity contribution in [3.05, 3.63) is 112 Å². The number of fused-ring (bicyclic) bond motifs is 1. The smallest absolute Gasteiger partial charge is 0.00827 e. The van der Waals surface area contributed by atoms with Gasteiger partial charge in [0.2, 0.25) is 0 Å². The molecule has 0 spiro atoms. The Hall–Kier alpha value is -2.86. The standard InChI is InChI=1S/C38H46/c1-24-12-14-29(17-24)20-35-27(4)16-25(2)18-37(35)33-11-9-10-31-19-30(22-36(31)33)21-34-26(3)13-15-32(28(34)5)23-38(6,7)8/h9-16,18-19,24,29,32,34H,3,5,17,20-23H2,1-2,4,6-8H3/t24?,29-,32?,34?/m1/s1. The molecule has 3 aliphatic carbocycles. The van der Waals surface area contributed by atoms with E-state index in [1.54, 1.807) is 0 Å². The summed E-state index contributed by atoms with van der Waals surface area (Å²) >= 11 is 0. The van der Waals surface area contributed by atoms with Crippen LogP contribution in [0.3, 0.4) is 0 Å². The summed E-state index contributed by atoms with van der Waals surface area (Å²) in [6.07, 6.45) is 17.5. The van der Waals surface area contributed by atoms with Crippen LogP contribution in [0.2, 0.25) is 0 Å². The van der Waals surface area contributed by atoms with E-state index in [9.17, 15) is 0 Å². The molecular weight excluding hydrogens is 456 g/mol. The quantitative estimate of drug-likeness (QED) is 0.345. The molecule has 38 heavy (non-hydrogen) atoms. The Bertz CT molecular complexity index is 1350. The Morgan fingerprint density at radius 3 is 2.45 bits per heavy atom. The normalized spacial score (nSPS) is 24.7. The van der Waals surface area contributed by atoms with Crippen LogP contribution in [0.1, 0.15) is 74.8 Å². The van der Waals surface area contributed by atoms with Gasteiger partial charge in [-0.05, 0) is 108 Å². The molecule has 3 aliphatic rings. The van der Waals surface area contributed by atoms with E-state index in [0.717, 1.165) is 25.7 Å². The summed E-state index contributed by atoms with van der Waals surface area (Å²) in [5, 5.41) is 0. The van der Waals surface area contributed by atoms with Crippen LogP contribution >= 0.6 is 0 Å². The fraction of sp³-hybridized carbons (Fsp3) is 0.421. The molecule has 2 aromatic rings. The lowest BCUT2D eigenvalue weighted by Crippen LogP contribution is -2.21. The van der Waals surface area contributed by atoms with Gasteiger partial charge in [-0.2, -0.15) is 0 Å². The molecule has 0 saturated heterocycles. The highest BCUT2D eigenvalue weighted by Gasteiger charge is 2.30. The van der Waals surface area contributed by atoms with E-state index in [1.807, 2.05) is 0 Å². The van der Waals surface area contributed by atoms with Gasteiger partial charge in [0.05, 0.1) is 0 Å². The molecule has 5 rings (SSSR count). The van der Waals surface area contributed by atoms with Crippen LogP contribution < -0.4 is 0 Å². The summed E-state index contributed by atoms with van der Waals surface area (Å²) < 4.78 is 0. The average molecular weight is 503 g/mol. The number of hydrogen-bond donors (Lipinski definition) is 0. The van der Waals surface area contributed by atoms with E-state index in [-0.39, 0.29) is 5.41 Å².